The minimum absolute atomic E-state index is 0.285. The van der Waals surface area contributed by atoms with Gasteiger partial charge in [0.15, 0.2) is 0 Å². The first-order valence-corrected chi connectivity index (χ1v) is 5.72. The molecule has 0 spiro atoms. The highest BCUT2D eigenvalue weighted by atomic mass is 32.2. The molecule has 1 unspecified atom stereocenters. The van der Waals surface area contributed by atoms with Crippen LogP contribution in [0, 0.1) is 11.3 Å². The maximum absolute atomic E-state index is 8.47. The Morgan fingerprint density at radius 2 is 2.23 bits per heavy atom. The Morgan fingerprint density at radius 3 is 2.85 bits per heavy atom. The summed E-state index contributed by atoms with van der Waals surface area (Å²) in [4.78, 5) is 0. The fraction of sp³-hybridized carbons (Fsp3) is 0.889. The monoisotopic (exact) mass is 200 g/mol. The average Bonchev–Trinajstić information content (AvgIpc) is 2.19. The number of nitrogens with zero attached hydrogens (tertiary/aromatic N) is 1. The molecule has 0 aromatic carbocycles. The van der Waals surface area contributed by atoms with Crippen LogP contribution in [0.3, 0.4) is 0 Å². The van der Waals surface area contributed by atoms with E-state index in [-0.39, 0.29) is 6.04 Å². The van der Waals surface area contributed by atoms with Gasteiger partial charge in [0, 0.05) is 18.5 Å². The zero-order valence-corrected chi connectivity index (χ0v) is 8.55. The van der Waals surface area contributed by atoms with Gasteiger partial charge in [-0.15, -0.1) is 0 Å². The van der Waals surface area contributed by atoms with Crippen LogP contribution in [-0.2, 0) is 4.74 Å². The van der Waals surface area contributed by atoms with Crippen molar-refractivity contribution >= 4 is 11.8 Å². The molecule has 0 bridgehead atoms. The highest BCUT2D eigenvalue weighted by molar-refractivity contribution is 7.99. The Morgan fingerprint density at radius 1 is 1.54 bits per heavy atom. The molecule has 0 aromatic rings. The molecule has 1 aliphatic heterocycles. The molecule has 0 saturated carbocycles. The van der Waals surface area contributed by atoms with Crippen molar-refractivity contribution in [2.45, 2.75) is 30.6 Å². The van der Waals surface area contributed by atoms with Crippen molar-refractivity contribution in [1.82, 2.24) is 0 Å². The van der Waals surface area contributed by atoms with Gasteiger partial charge in [-0.1, -0.05) is 0 Å². The fourth-order valence-electron chi connectivity index (χ4n) is 1.27. The van der Waals surface area contributed by atoms with Crippen molar-refractivity contribution in [2.24, 2.45) is 5.73 Å². The van der Waals surface area contributed by atoms with Crippen molar-refractivity contribution in [3.05, 3.63) is 0 Å². The minimum atomic E-state index is -0.285. The van der Waals surface area contributed by atoms with E-state index < -0.39 is 0 Å². The Bertz CT molecular complexity index is 175. The van der Waals surface area contributed by atoms with Gasteiger partial charge in [-0.05, 0) is 25.0 Å². The molecule has 4 heteroatoms. The van der Waals surface area contributed by atoms with Gasteiger partial charge in [0.05, 0.1) is 12.1 Å². The van der Waals surface area contributed by atoms with E-state index in [1.54, 1.807) is 0 Å². The van der Waals surface area contributed by atoms with Gasteiger partial charge in [-0.3, -0.25) is 0 Å². The van der Waals surface area contributed by atoms with Crippen LogP contribution in [0.25, 0.3) is 0 Å². The maximum atomic E-state index is 8.47. The first-order chi connectivity index (χ1) is 6.33. The third kappa shape index (κ3) is 4.51. The molecule has 0 aliphatic carbocycles. The number of ether oxygens (including phenoxy) is 1. The molecule has 3 nitrogen and oxygen atoms in total. The van der Waals surface area contributed by atoms with Gasteiger partial charge in [-0.25, -0.2) is 0 Å². The number of nitriles is 1. The first-order valence-electron chi connectivity index (χ1n) is 4.67. The van der Waals surface area contributed by atoms with Gasteiger partial charge in [0.25, 0.3) is 0 Å². The van der Waals surface area contributed by atoms with Gasteiger partial charge in [-0.2, -0.15) is 17.0 Å². The molecule has 1 fully saturated rings. The van der Waals surface area contributed by atoms with Crippen LogP contribution in [0.2, 0.25) is 0 Å². The van der Waals surface area contributed by atoms with Crippen LogP contribution in [0.4, 0.5) is 0 Å². The summed E-state index contributed by atoms with van der Waals surface area (Å²) < 4.78 is 5.26. The van der Waals surface area contributed by atoms with E-state index in [0.29, 0.717) is 0 Å². The average molecular weight is 200 g/mol. The first kappa shape index (κ1) is 10.8. The predicted molar refractivity (Wildman–Crippen MR) is 54.5 cm³/mol. The third-order valence-corrected chi connectivity index (χ3v) is 3.53. The normalized spacial score (nSPS) is 20.9. The summed E-state index contributed by atoms with van der Waals surface area (Å²) in [5, 5.41) is 9.19. The van der Waals surface area contributed by atoms with Crippen molar-refractivity contribution in [2.75, 3.05) is 19.0 Å². The molecule has 1 atom stereocenters. The molecule has 74 valence electrons. The van der Waals surface area contributed by atoms with Crippen molar-refractivity contribution in [3.63, 3.8) is 0 Å². The number of nitrogens with two attached hydrogens (primary N) is 1. The number of hydrogen-bond acceptors (Lipinski definition) is 4. The second-order valence-electron chi connectivity index (χ2n) is 3.21. The van der Waals surface area contributed by atoms with Gasteiger partial charge in [0.1, 0.15) is 0 Å². The molecule has 1 aliphatic rings. The van der Waals surface area contributed by atoms with Gasteiger partial charge >= 0.3 is 0 Å². The van der Waals surface area contributed by atoms with Crippen LogP contribution < -0.4 is 5.73 Å². The summed E-state index contributed by atoms with van der Waals surface area (Å²) in [6.07, 6.45) is 3.09. The molecule has 0 amide bonds. The summed E-state index contributed by atoms with van der Waals surface area (Å²) >= 11 is 1.93. The molecule has 1 saturated heterocycles. The lowest BCUT2D eigenvalue weighted by atomic mass is 10.2. The standard InChI is InChI=1S/C9H16N2OS/c10-7-8(11)3-6-13-9-1-4-12-5-2-9/h8-9H,1-6,11H2. The summed E-state index contributed by atoms with van der Waals surface area (Å²) in [5.74, 6) is 0.999. The highest BCUT2D eigenvalue weighted by Gasteiger charge is 2.13. The van der Waals surface area contributed by atoms with E-state index in [9.17, 15) is 0 Å². The molecular formula is C9H16N2OS. The summed E-state index contributed by atoms with van der Waals surface area (Å²) in [6.45, 7) is 1.78. The van der Waals surface area contributed by atoms with Crippen LogP contribution in [0.15, 0.2) is 0 Å². The number of rotatable bonds is 4. The van der Waals surface area contributed by atoms with E-state index in [0.717, 1.165) is 43.5 Å². The quantitative estimate of drug-likeness (QED) is 0.739. The van der Waals surface area contributed by atoms with E-state index in [4.69, 9.17) is 15.7 Å². The highest BCUT2D eigenvalue weighted by Crippen LogP contribution is 2.22. The minimum Gasteiger partial charge on any atom is -0.381 e. The zero-order chi connectivity index (χ0) is 9.52. The van der Waals surface area contributed by atoms with Crippen LogP contribution in [0.5, 0.6) is 0 Å². The lowest BCUT2D eigenvalue weighted by Gasteiger charge is -2.21. The summed E-state index contributed by atoms with van der Waals surface area (Å²) in [6, 6.07) is 1.76. The summed E-state index contributed by atoms with van der Waals surface area (Å²) in [5.41, 5.74) is 5.49. The van der Waals surface area contributed by atoms with E-state index in [1.807, 2.05) is 17.8 Å². The van der Waals surface area contributed by atoms with E-state index >= 15 is 0 Å². The molecular weight excluding hydrogens is 184 g/mol. The smallest absolute Gasteiger partial charge is 0.0935 e. The zero-order valence-electron chi connectivity index (χ0n) is 7.74. The topological polar surface area (TPSA) is 59.0 Å². The fourth-order valence-corrected chi connectivity index (χ4v) is 2.52. The summed E-state index contributed by atoms with van der Waals surface area (Å²) in [7, 11) is 0. The Labute approximate surface area is 83.6 Å². The van der Waals surface area contributed by atoms with E-state index in [1.165, 1.54) is 0 Å². The molecule has 1 heterocycles. The second kappa shape index (κ2) is 6.25. The Balaban J connectivity index is 2.02. The largest absolute Gasteiger partial charge is 0.381 e. The lowest BCUT2D eigenvalue weighted by molar-refractivity contribution is 0.100. The number of hydrogen-bond donors (Lipinski definition) is 1. The lowest BCUT2D eigenvalue weighted by Crippen LogP contribution is -2.21. The van der Waals surface area contributed by atoms with Gasteiger partial charge in [0.2, 0.25) is 0 Å². The van der Waals surface area contributed by atoms with E-state index in [2.05, 4.69) is 0 Å². The van der Waals surface area contributed by atoms with Crippen molar-refractivity contribution in [3.8, 4) is 6.07 Å². The number of thioether (sulfide) groups is 1. The Hall–Kier alpha value is -0.240. The molecule has 2 N–H and O–H groups in total. The van der Waals surface area contributed by atoms with Crippen LogP contribution >= 0.6 is 11.8 Å². The van der Waals surface area contributed by atoms with Crippen LogP contribution in [-0.4, -0.2) is 30.3 Å². The Kier molecular flexibility index (Phi) is 5.21. The SMILES string of the molecule is N#CC(N)CCSC1CCOCC1. The molecule has 13 heavy (non-hydrogen) atoms. The van der Waals surface area contributed by atoms with Crippen molar-refractivity contribution < 1.29 is 4.74 Å². The van der Waals surface area contributed by atoms with Crippen molar-refractivity contribution in [1.29, 1.82) is 5.26 Å². The maximum Gasteiger partial charge on any atom is 0.0935 e. The second-order valence-corrected chi connectivity index (χ2v) is 4.62. The van der Waals surface area contributed by atoms with Gasteiger partial charge < -0.3 is 10.5 Å². The molecule has 0 aromatic heterocycles. The molecule has 0 radical (unpaired) electrons. The van der Waals surface area contributed by atoms with Crippen LogP contribution in [0.1, 0.15) is 19.3 Å². The third-order valence-electron chi connectivity index (χ3n) is 2.12. The molecule has 1 rings (SSSR count). The predicted octanol–water partition coefficient (Wildman–Crippen LogP) is 1.14.